The molecule has 0 N–H and O–H groups in total. The lowest BCUT2D eigenvalue weighted by molar-refractivity contribution is 0.490. The van der Waals surface area contributed by atoms with Crippen molar-refractivity contribution < 1.29 is 8.83 Å². The summed E-state index contributed by atoms with van der Waals surface area (Å²) in [5.41, 5.74) is 1.24. The van der Waals surface area contributed by atoms with Gasteiger partial charge >= 0.3 is 5.63 Å². The summed E-state index contributed by atoms with van der Waals surface area (Å²) >= 11 is 0. The minimum absolute atomic E-state index is 0.262. The quantitative estimate of drug-likeness (QED) is 0.703. The van der Waals surface area contributed by atoms with Crippen LogP contribution in [0.2, 0.25) is 0 Å². The molecule has 19 heavy (non-hydrogen) atoms. The molecule has 3 rings (SSSR count). The fraction of sp³-hybridized carbons (Fsp3) is 0.0667. The van der Waals surface area contributed by atoms with Gasteiger partial charge in [0.15, 0.2) is 0 Å². The van der Waals surface area contributed by atoms with Crippen LogP contribution >= 0.6 is 0 Å². The maximum Gasteiger partial charge on any atom is 0.347 e. The van der Waals surface area contributed by atoms with Crippen LogP contribution < -0.4 is 5.63 Å². The molecule has 0 radical (unpaired) electrons. The van der Waals surface area contributed by atoms with Crippen LogP contribution in [0, 0.1) is 6.92 Å². The molecule has 0 saturated heterocycles. The van der Waals surface area contributed by atoms with Crippen LogP contribution in [-0.2, 0) is 0 Å². The highest BCUT2D eigenvalue weighted by Crippen LogP contribution is 2.12. The molecular weight excluding hydrogens is 242 g/mol. The third-order valence-corrected chi connectivity index (χ3v) is 2.73. The van der Waals surface area contributed by atoms with E-state index in [0.717, 1.165) is 5.56 Å². The highest BCUT2D eigenvalue weighted by molar-refractivity contribution is 5.78. The minimum atomic E-state index is -0.382. The van der Waals surface area contributed by atoms with Gasteiger partial charge in [-0.3, -0.25) is 0 Å². The number of rotatable bonds is 2. The first kappa shape index (κ1) is 11.5. The van der Waals surface area contributed by atoms with Crippen LogP contribution in [0.25, 0.3) is 23.1 Å². The molecule has 1 aromatic carbocycles. The highest BCUT2D eigenvalue weighted by Gasteiger charge is 2.04. The molecule has 3 aromatic rings. The van der Waals surface area contributed by atoms with Gasteiger partial charge in [0.2, 0.25) is 5.89 Å². The van der Waals surface area contributed by atoms with Gasteiger partial charge < -0.3 is 8.83 Å². The lowest BCUT2D eigenvalue weighted by Crippen LogP contribution is -2.03. The van der Waals surface area contributed by atoms with Crippen molar-refractivity contribution in [3.63, 3.8) is 0 Å². The molecule has 0 spiro atoms. The largest absolute Gasteiger partial charge is 0.465 e. The molecule has 4 nitrogen and oxygen atoms in total. The smallest absolute Gasteiger partial charge is 0.347 e. The molecule has 0 aliphatic carbocycles. The number of aryl methyl sites for hydroxylation is 1. The zero-order valence-corrected chi connectivity index (χ0v) is 10.3. The Hall–Kier alpha value is -2.62. The molecule has 0 bridgehead atoms. The molecule has 0 atom stereocenters. The number of aromatic nitrogens is 1. The Labute approximate surface area is 109 Å². The summed E-state index contributed by atoms with van der Waals surface area (Å²) in [6.07, 6.45) is 4.89. The van der Waals surface area contributed by atoms with E-state index in [0.29, 0.717) is 16.7 Å². The molecule has 0 amide bonds. The number of benzene rings is 1. The van der Waals surface area contributed by atoms with Crippen molar-refractivity contribution in [3.8, 4) is 0 Å². The fourth-order valence-electron chi connectivity index (χ4n) is 1.81. The van der Waals surface area contributed by atoms with E-state index in [1.54, 1.807) is 36.6 Å². The first-order valence-corrected chi connectivity index (χ1v) is 5.85. The second-order valence-corrected chi connectivity index (χ2v) is 4.21. The molecule has 4 heteroatoms. The summed E-state index contributed by atoms with van der Waals surface area (Å²) in [5.74, 6) is 0.936. The molecule has 0 aliphatic heterocycles. The lowest BCUT2D eigenvalue weighted by Gasteiger charge is -1.98. The average Bonchev–Trinajstić information content (AvgIpc) is 2.90. The summed E-state index contributed by atoms with van der Waals surface area (Å²) in [6, 6.07) is 9.08. The van der Waals surface area contributed by atoms with Gasteiger partial charge in [0.1, 0.15) is 5.76 Å². The highest BCUT2D eigenvalue weighted by atomic mass is 16.4. The van der Waals surface area contributed by atoms with Gasteiger partial charge in [-0.05, 0) is 37.3 Å². The van der Waals surface area contributed by atoms with Crippen molar-refractivity contribution in [1.82, 2.24) is 4.98 Å². The van der Waals surface area contributed by atoms with E-state index < -0.39 is 0 Å². The monoisotopic (exact) mass is 253 g/mol. The van der Waals surface area contributed by atoms with Crippen molar-refractivity contribution >= 4 is 23.1 Å². The summed E-state index contributed by atoms with van der Waals surface area (Å²) in [4.78, 5) is 16.1. The van der Waals surface area contributed by atoms with Crippen LogP contribution in [0.4, 0.5) is 0 Å². The Balaban J connectivity index is 2.06. The van der Waals surface area contributed by atoms with Crippen molar-refractivity contribution in [2.24, 2.45) is 0 Å². The number of hydrogen-bond donors (Lipinski definition) is 0. The number of fused-ring (bicyclic) bond motifs is 1. The Bertz CT molecular complexity index is 798. The van der Waals surface area contributed by atoms with Gasteiger partial charge in [-0.1, -0.05) is 11.6 Å². The van der Waals surface area contributed by atoms with Gasteiger partial charge in [-0.15, -0.1) is 0 Å². The van der Waals surface area contributed by atoms with E-state index in [-0.39, 0.29) is 11.5 Å². The number of furan rings is 1. The van der Waals surface area contributed by atoms with Crippen LogP contribution in [0.3, 0.4) is 0 Å². The molecular formula is C15H11NO3. The van der Waals surface area contributed by atoms with Crippen molar-refractivity contribution in [1.29, 1.82) is 0 Å². The first-order chi connectivity index (χ1) is 9.22. The van der Waals surface area contributed by atoms with Gasteiger partial charge in [0, 0.05) is 6.08 Å². The zero-order valence-electron chi connectivity index (χ0n) is 10.3. The van der Waals surface area contributed by atoms with Crippen LogP contribution in [0.15, 0.2) is 50.2 Å². The maximum atomic E-state index is 11.8. The van der Waals surface area contributed by atoms with Crippen molar-refractivity contribution in [2.75, 3.05) is 0 Å². The van der Waals surface area contributed by atoms with Gasteiger partial charge in [0.25, 0.3) is 0 Å². The number of nitrogens with zero attached hydrogens (tertiary/aromatic N) is 1. The van der Waals surface area contributed by atoms with E-state index in [1.807, 2.05) is 19.1 Å². The van der Waals surface area contributed by atoms with Gasteiger partial charge in [0.05, 0.1) is 17.2 Å². The van der Waals surface area contributed by atoms with E-state index in [1.165, 1.54) is 0 Å². The summed E-state index contributed by atoms with van der Waals surface area (Å²) in [7, 11) is 0. The lowest BCUT2D eigenvalue weighted by atomic mass is 10.2. The second kappa shape index (κ2) is 4.57. The van der Waals surface area contributed by atoms with Crippen LogP contribution in [0.1, 0.15) is 17.2 Å². The van der Waals surface area contributed by atoms with Gasteiger partial charge in [-0.25, -0.2) is 9.78 Å². The summed E-state index contributed by atoms with van der Waals surface area (Å²) in [5, 5.41) is 0.496. The van der Waals surface area contributed by atoms with Crippen LogP contribution in [0.5, 0.6) is 0 Å². The van der Waals surface area contributed by atoms with Crippen LogP contribution in [-0.4, -0.2) is 4.98 Å². The zero-order chi connectivity index (χ0) is 13.2. The molecule has 0 aliphatic rings. The Morgan fingerprint density at radius 3 is 2.89 bits per heavy atom. The van der Waals surface area contributed by atoms with E-state index in [4.69, 9.17) is 8.83 Å². The molecule has 94 valence electrons. The molecule has 0 saturated carbocycles. The standard InChI is InChI=1S/C15H11NO3/c1-10-4-6-13-12(9-10)15(17)19-14(16-13)7-5-11-3-2-8-18-11/h2-9H,1H3/b7-5+. The third kappa shape index (κ3) is 2.33. The fourth-order valence-corrected chi connectivity index (χ4v) is 1.81. The molecule has 2 heterocycles. The molecule has 0 unspecified atom stereocenters. The average molecular weight is 253 g/mol. The predicted octanol–water partition coefficient (Wildman–Crippen LogP) is 3.26. The third-order valence-electron chi connectivity index (χ3n) is 2.73. The first-order valence-electron chi connectivity index (χ1n) is 5.85. The Morgan fingerprint density at radius 2 is 2.11 bits per heavy atom. The van der Waals surface area contributed by atoms with Gasteiger partial charge in [-0.2, -0.15) is 0 Å². The molecule has 2 aromatic heterocycles. The SMILES string of the molecule is Cc1ccc2nc(/C=C/c3ccco3)oc(=O)c2c1. The van der Waals surface area contributed by atoms with Crippen molar-refractivity contribution in [2.45, 2.75) is 6.92 Å². The normalized spacial score (nSPS) is 11.4. The topological polar surface area (TPSA) is 56.2 Å². The predicted molar refractivity (Wildman–Crippen MR) is 72.7 cm³/mol. The van der Waals surface area contributed by atoms with E-state index >= 15 is 0 Å². The van der Waals surface area contributed by atoms with E-state index in [9.17, 15) is 4.79 Å². The Morgan fingerprint density at radius 1 is 1.21 bits per heavy atom. The van der Waals surface area contributed by atoms with E-state index in [2.05, 4.69) is 4.98 Å². The Kier molecular flexibility index (Phi) is 2.76. The second-order valence-electron chi connectivity index (χ2n) is 4.21. The maximum absolute atomic E-state index is 11.8. The molecule has 0 fully saturated rings. The number of hydrogen-bond acceptors (Lipinski definition) is 4. The summed E-state index contributed by atoms with van der Waals surface area (Å²) in [6.45, 7) is 1.92. The van der Waals surface area contributed by atoms with Crippen molar-refractivity contribution in [3.05, 3.63) is 64.2 Å². The summed E-state index contributed by atoms with van der Waals surface area (Å²) < 4.78 is 10.3. The minimum Gasteiger partial charge on any atom is -0.465 e.